The van der Waals surface area contributed by atoms with Gasteiger partial charge in [0.25, 0.3) is 5.91 Å². The first-order chi connectivity index (χ1) is 10.1. The summed E-state index contributed by atoms with van der Waals surface area (Å²) in [5, 5.41) is 12.2. The Balaban J connectivity index is 1.68. The van der Waals surface area contributed by atoms with Crippen molar-refractivity contribution in [3.8, 4) is 11.8 Å². The van der Waals surface area contributed by atoms with Gasteiger partial charge < -0.3 is 10.4 Å². The molecule has 2 aliphatic carbocycles. The molecule has 1 aromatic rings. The maximum atomic E-state index is 11.9. The lowest BCUT2D eigenvalue weighted by Crippen LogP contribution is -2.46. The molecule has 108 valence electrons. The van der Waals surface area contributed by atoms with Gasteiger partial charge in [-0.25, -0.2) is 0 Å². The van der Waals surface area contributed by atoms with E-state index in [0.29, 0.717) is 5.92 Å². The summed E-state index contributed by atoms with van der Waals surface area (Å²) in [7, 11) is 0. The monoisotopic (exact) mass is 283 g/mol. The zero-order valence-corrected chi connectivity index (χ0v) is 11.6. The quantitative estimate of drug-likeness (QED) is 0.811. The van der Waals surface area contributed by atoms with Crippen LogP contribution in [0.3, 0.4) is 0 Å². The Kier molecular flexibility index (Phi) is 3.66. The summed E-state index contributed by atoms with van der Waals surface area (Å²) in [4.78, 5) is 23.3. The molecule has 4 nitrogen and oxygen atoms in total. The van der Waals surface area contributed by atoms with Crippen molar-refractivity contribution in [1.82, 2.24) is 5.32 Å². The number of benzene rings is 1. The van der Waals surface area contributed by atoms with Crippen LogP contribution in [0.2, 0.25) is 0 Å². The molecule has 2 saturated carbocycles. The summed E-state index contributed by atoms with van der Waals surface area (Å²) in [5.41, 5.74) is 0.773. The number of carboxylic acid groups (broad SMARTS) is 1. The van der Waals surface area contributed by atoms with Gasteiger partial charge in [0, 0.05) is 17.5 Å². The van der Waals surface area contributed by atoms with E-state index in [1.807, 2.05) is 30.3 Å². The van der Waals surface area contributed by atoms with Gasteiger partial charge >= 0.3 is 5.97 Å². The summed E-state index contributed by atoms with van der Waals surface area (Å²) in [5.74, 6) is 4.21. The van der Waals surface area contributed by atoms with Crippen LogP contribution in [0.25, 0.3) is 0 Å². The molecule has 4 heteroatoms. The maximum Gasteiger partial charge on any atom is 0.308 e. The van der Waals surface area contributed by atoms with Gasteiger partial charge in [-0.15, -0.1) is 0 Å². The lowest BCUT2D eigenvalue weighted by atomic mass is 9.84. The van der Waals surface area contributed by atoms with E-state index in [-0.39, 0.29) is 17.9 Å². The maximum absolute atomic E-state index is 11.9. The van der Waals surface area contributed by atoms with Crippen LogP contribution in [0.1, 0.15) is 24.8 Å². The number of hydrogen-bond donors (Lipinski definition) is 2. The van der Waals surface area contributed by atoms with E-state index >= 15 is 0 Å². The van der Waals surface area contributed by atoms with Crippen molar-refractivity contribution in [2.45, 2.75) is 25.3 Å². The molecule has 0 radical (unpaired) electrons. The molecule has 0 spiro atoms. The van der Waals surface area contributed by atoms with Gasteiger partial charge in [0.05, 0.1) is 5.92 Å². The second-order valence-electron chi connectivity index (χ2n) is 5.81. The molecular formula is C17H17NO3. The Hall–Kier alpha value is -2.28. The molecule has 4 atom stereocenters. The smallest absolute Gasteiger partial charge is 0.308 e. The molecule has 2 bridgehead atoms. The highest BCUT2D eigenvalue weighted by Gasteiger charge is 2.51. The Morgan fingerprint density at radius 2 is 1.86 bits per heavy atom. The Bertz CT molecular complexity index is 614. The number of amides is 1. The number of rotatable bonds is 2. The average molecular weight is 283 g/mol. The van der Waals surface area contributed by atoms with Crippen molar-refractivity contribution < 1.29 is 14.7 Å². The first kappa shape index (κ1) is 13.7. The number of carbonyl (C=O) groups is 2. The van der Waals surface area contributed by atoms with Gasteiger partial charge in [0.1, 0.15) is 0 Å². The third kappa shape index (κ3) is 2.78. The van der Waals surface area contributed by atoms with E-state index in [2.05, 4.69) is 17.2 Å². The normalized spacial score (nSPS) is 29.5. The van der Waals surface area contributed by atoms with E-state index in [0.717, 1.165) is 24.8 Å². The lowest BCUT2D eigenvalue weighted by molar-refractivity contribution is -0.144. The average Bonchev–Trinajstić information content (AvgIpc) is 3.07. The standard InChI is InChI=1S/C17H17NO3/c19-14(9-6-11-4-2-1-3-5-11)18-16-13-8-7-12(10-13)15(16)17(20)21/h1-5,12-13,15-16H,7-8,10H2,(H,18,19)(H,20,21). The van der Waals surface area contributed by atoms with Crippen molar-refractivity contribution >= 4 is 11.9 Å². The molecule has 21 heavy (non-hydrogen) atoms. The summed E-state index contributed by atoms with van der Waals surface area (Å²) >= 11 is 0. The van der Waals surface area contributed by atoms with E-state index in [4.69, 9.17) is 0 Å². The summed E-state index contributed by atoms with van der Waals surface area (Å²) in [6, 6.07) is 9.00. The second-order valence-corrected chi connectivity index (χ2v) is 5.81. The van der Waals surface area contributed by atoms with Crippen molar-refractivity contribution in [2.24, 2.45) is 17.8 Å². The van der Waals surface area contributed by atoms with Crippen molar-refractivity contribution in [2.75, 3.05) is 0 Å². The number of fused-ring (bicyclic) bond motifs is 2. The second kappa shape index (κ2) is 5.61. The largest absolute Gasteiger partial charge is 0.481 e. The molecule has 0 heterocycles. The molecule has 4 unspecified atom stereocenters. The zero-order chi connectivity index (χ0) is 14.8. The van der Waals surface area contributed by atoms with E-state index in [9.17, 15) is 14.7 Å². The van der Waals surface area contributed by atoms with Crippen LogP contribution in [0, 0.1) is 29.6 Å². The summed E-state index contributed by atoms with van der Waals surface area (Å²) in [6.07, 6.45) is 2.88. The number of nitrogens with one attached hydrogen (secondary N) is 1. The predicted molar refractivity (Wildman–Crippen MR) is 77.2 cm³/mol. The van der Waals surface area contributed by atoms with E-state index in [1.54, 1.807) is 0 Å². The minimum atomic E-state index is -0.802. The third-order valence-electron chi connectivity index (χ3n) is 4.59. The van der Waals surface area contributed by atoms with Crippen LogP contribution >= 0.6 is 0 Å². The van der Waals surface area contributed by atoms with Gasteiger partial charge in [0.15, 0.2) is 0 Å². The molecule has 0 saturated heterocycles. The number of aliphatic carboxylic acids is 1. The predicted octanol–water partition coefficient (Wildman–Crippen LogP) is 1.65. The van der Waals surface area contributed by atoms with Gasteiger partial charge in [0.2, 0.25) is 0 Å². The molecule has 3 rings (SSSR count). The summed E-state index contributed by atoms with van der Waals surface area (Å²) < 4.78 is 0. The fourth-order valence-electron chi connectivity index (χ4n) is 3.69. The Morgan fingerprint density at radius 1 is 1.14 bits per heavy atom. The molecule has 2 N–H and O–H groups in total. The molecule has 2 fully saturated rings. The highest BCUT2D eigenvalue weighted by atomic mass is 16.4. The Labute approximate surface area is 123 Å². The minimum Gasteiger partial charge on any atom is -0.481 e. The topological polar surface area (TPSA) is 66.4 Å². The fraction of sp³-hybridized carbons (Fsp3) is 0.412. The summed E-state index contributed by atoms with van der Waals surface area (Å²) in [6.45, 7) is 0. The van der Waals surface area contributed by atoms with Crippen LogP contribution in [0.4, 0.5) is 0 Å². The highest BCUT2D eigenvalue weighted by Crippen LogP contribution is 2.48. The molecule has 0 aliphatic heterocycles. The Morgan fingerprint density at radius 3 is 2.57 bits per heavy atom. The molecule has 1 amide bonds. The number of hydrogen-bond acceptors (Lipinski definition) is 2. The lowest BCUT2D eigenvalue weighted by Gasteiger charge is -2.28. The minimum absolute atomic E-state index is 0.208. The van der Waals surface area contributed by atoms with Crippen molar-refractivity contribution in [3.63, 3.8) is 0 Å². The molecular weight excluding hydrogens is 266 g/mol. The fourth-order valence-corrected chi connectivity index (χ4v) is 3.69. The van der Waals surface area contributed by atoms with Gasteiger partial charge in [-0.2, -0.15) is 0 Å². The van der Waals surface area contributed by atoms with Crippen LogP contribution < -0.4 is 5.32 Å². The first-order valence-electron chi connectivity index (χ1n) is 7.25. The number of carbonyl (C=O) groups excluding carboxylic acids is 1. The van der Waals surface area contributed by atoms with E-state index in [1.165, 1.54) is 0 Å². The van der Waals surface area contributed by atoms with Crippen molar-refractivity contribution in [1.29, 1.82) is 0 Å². The van der Waals surface area contributed by atoms with Gasteiger partial charge in [-0.3, -0.25) is 9.59 Å². The van der Waals surface area contributed by atoms with Crippen LogP contribution in [0.15, 0.2) is 30.3 Å². The van der Waals surface area contributed by atoms with Crippen LogP contribution in [-0.4, -0.2) is 23.0 Å². The van der Waals surface area contributed by atoms with Gasteiger partial charge in [-0.1, -0.05) is 24.1 Å². The molecule has 0 aromatic heterocycles. The van der Waals surface area contributed by atoms with Crippen LogP contribution in [-0.2, 0) is 9.59 Å². The molecule has 2 aliphatic rings. The SMILES string of the molecule is O=C(C#Cc1ccccc1)NC1C2CCC(C2)C1C(=O)O. The third-order valence-corrected chi connectivity index (χ3v) is 4.59. The van der Waals surface area contributed by atoms with E-state index < -0.39 is 11.9 Å². The highest BCUT2D eigenvalue weighted by molar-refractivity contribution is 5.94. The first-order valence-corrected chi connectivity index (χ1v) is 7.25. The number of carboxylic acids is 1. The van der Waals surface area contributed by atoms with Crippen molar-refractivity contribution in [3.05, 3.63) is 35.9 Å². The molecule has 1 aromatic carbocycles. The van der Waals surface area contributed by atoms with Gasteiger partial charge in [-0.05, 0) is 43.2 Å². The zero-order valence-electron chi connectivity index (χ0n) is 11.6. The van der Waals surface area contributed by atoms with Crippen LogP contribution in [0.5, 0.6) is 0 Å².